The molecule has 0 saturated heterocycles. The molecule has 1 aromatic heterocycles. The maximum Gasteiger partial charge on any atom is 0.0944 e. The molecule has 80 valence electrons. The number of rotatable bonds is 1. The number of benzene rings is 1. The van der Waals surface area contributed by atoms with Gasteiger partial charge in [-0.25, -0.2) is 4.98 Å². The van der Waals surface area contributed by atoms with Gasteiger partial charge in [0.1, 0.15) is 0 Å². The summed E-state index contributed by atoms with van der Waals surface area (Å²) in [6.07, 6.45) is 1.01. The van der Waals surface area contributed by atoms with Gasteiger partial charge in [-0.15, -0.1) is 11.3 Å². The number of nitrogens with two attached hydrogens (primary N) is 1. The van der Waals surface area contributed by atoms with E-state index in [1.54, 1.807) is 11.3 Å². The van der Waals surface area contributed by atoms with E-state index in [2.05, 4.69) is 25.8 Å². The van der Waals surface area contributed by atoms with Gasteiger partial charge in [-0.1, -0.05) is 26.8 Å². The normalized spacial score (nSPS) is 12.2. The Balaban J connectivity index is 2.44. The highest BCUT2D eigenvalue weighted by atomic mass is 32.1. The van der Waals surface area contributed by atoms with Crippen molar-refractivity contribution in [3.8, 4) is 0 Å². The van der Waals surface area contributed by atoms with Crippen LogP contribution in [0.4, 0.5) is 5.69 Å². The second kappa shape index (κ2) is 3.49. The number of aromatic nitrogens is 1. The Morgan fingerprint density at radius 3 is 2.67 bits per heavy atom. The van der Waals surface area contributed by atoms with Crippen LogP contribution in [0.25, 0.3) is 10.2 Å². The van der Waals surface area contributed by atoms with Gasteiger partial charge in [-0.2, -0.15) is 0 Å². The Morgan fingerprint density at radius 2 is 2.07 bits per heavy atom. The van der Waals surface area contributed by atoms with Gasteiger partial charge in [0.25, 0.3) is 0 Å². The van der Waals surface area contributed by atoms with Crippen LogP contribution < -0.4 is 5.73 Å². The first-order chi connectivity index (χ1) is 6.96. The zero-order chi connectivity index (χ0) is 11.1. The monoisotopic (exact) mass is 220 g/mol. The van der Waals surface area contributed by atoms with Crippen LogP contribution in [0.3, 0.4) is 0 Å². The summed E-state index contributed by atoms with van der Waals surface area (Å²) >= 11 is 1.71. The second-order valence-electron chi connectivity index (χ2n) is 5.04. The SMILES string of the molecule is CC(C)(C)Cc1nc2cccc(N)c2s1. The van der Waals surface area contributed by atoms with Crippen molar-refractivity contribution < 1.29 is 0 Å². The summed E-state index contributed by atoms with van der Waals surface area (Å²) in [4.78, 5) is 4.60. The maximum absolute atomic E-state index is 5.90. The molecule has 2 rings (SSSR count). The zero-order valence-corrected chi connectivity index (χ0v) is 10.2. The molecule has 1 aromatic carbocycles. The minimum absolute atomic E-state index is 0.280. The van der Waals surface area contributed by atoms with Crippen LogP contribution >= 0.6 is 11.3 Å². The molecule has 2 aromatic rings. The predicted molar refractivity (Wildman–Crippen MR) is 67.2 cm³/mol. The van der Waals surface area contributed by atoms with Crippen LogP contribution in [-0.4, -0.2) is 4.98 Å². The zero-order valence-electron chi connectivity index (χ0n) is 9.37. The first-order valence-corrected chi connectivity index (χ1v) is 5.91. The number of anilines is 1. The predicted octanol–water partition coefficient (Wildman–Crippen LogP) is 3.47. The van der Waals surface area contributed by atoms with Crippen molar-refractivity contribution in [2.45, 2.75) is 27.2 Å². The second-order valence-corrected chi connectivity index (χ2v) is 6.12. The van der Waals surface area contributed by atoms with Crippen molar-refractivity contribution >= 4 is 27.2 Å². The fourth-order valence-electron chi connectivity index (χ4n) is 1.55. The Labute approximate surface area is 94.1 Å². The van der Waals surface area contributed by atoms with Crippen molar-refractivity contribution in [3.05, 3.63) is 23.2 Å². The van der Waals surface area contributed by atoms with E-state index < -0.39 is 0 Å². The van der Waals surface area contributed by atoms with E-state index >= 15 is 0 Å². The molecule has 0 aliphatic carbocycles. The lowest BCUT2D eigenvalue weighted by Crippen LogP contribution is -2.08. The van der Waals surface area contributed by atoms with Crippen molar-refractivity contribution in [1.29, 1.82) is 0 Å². The third-order valence-corrected chi connectivity index (χ3v) is 3.29. The molecule has 1 heterocycles. The highest BCUT2D eigenvalue weighted by Gasteiger charge is 2.15. The molecule has 0 fully saturated rings. The molecule has 15 heavy (non-hydrogen) atoms. The summed E-state index contributed by atoms with van der Waals surface area (Å²) in [5, 5.41) is 1.18. The molecule has 0 atom stereocenters. The quantitative estimate of drug-likeness (QED) is 0.747. The van der Waals surface area contributed by atoms with Gasteiger partial charge in [-0.3, -0.25) is 0 Å². The number of fused-ring (bicyclic) bond motifs is 1. The van der Waals surface area contributed by atoms with Crippen LogP contribution in [-0.2, 0) is 6.42 Å². The first kappa shape index (κ1) is 10.4. The van der Waals surface area contributed by atoms with E-state index in [0.29, 0.717) is 0 Å². The molecule has 0 aliphatic rings. The molecular weight excluding hydrogens is 204 g/mol. The minimum atomic E-state index is 0.280. The number of nitrogens with zero attached hydrogens (tertiary/aromatic N) is 1. The summed E-state index contributed by atoms with van der Waals surface area (Å²) in [6.45, 7) is 6.67. The Kier molecular flexibility index (Phi) is 2.43. The summed E-state index contributed by atoms with van der Waals surface area (Å²) in [5.41, 5.74) is 8.05. The Hall–Kier alpha value is -1.09. The molecule has 0 aliphatic heterocycles. The van der Waals surface area contributed by atoms with Crippen molar-refractivity contribution in [1.82, 2.24) is 4.98 Å². The van der Waals surface area contributed by atoms with Gasteiger partial charge in [0, 0.05) is 6.42 Å². The van der Waals surface area contributed by atoms with Gasteiger partial charge in [0.05, 0.1) is 20.9 Å². The molecule has 0 saturated carbocycles. The number of hydrogen-bond donors (Lipinski definition) is 1. The largest absolute Gasteiger partial charge is 0.398 e. The van der Waals surface area contributed by atoms with Crippen molar-refractivity contribution in [2.24, 2.45) is 5.41 Å². The van der Waals surface area contributed by atoms with Crippen LogP contribution in [0.1, 0.15) is 25.8 Å². The van der Waals surface area contributed by atoms with Gasteiger partial charge in [0.15, 0.2) is 0 Å². The molecule has 3 heteroatoms. The number of hydrogen-bond acceptors (Lipinski definition) is 3. The molecule has 0 spiro atoms. The topological polar surface area (TPSA) is 38.9 Å². The smallest absolute Gasteiger partial charge is 0.0944 e. The van der Waals surface area contributed by atoms with E-state index in [9.17, 15) is 0 Å². The first-order valence-electron chi connectivity index (χ1n) is 5.10. The average Bonchev–Trinajstić information content (AvgIpc) is 2.45. The summed E-state index contributed by atoms with van der Waals surface area (Å²) in [6, 6.07) is 5.91. The average molecular weight is 220 g/mol. The Morgan fingerprint density at radius 1 is 1.33 bits per heavy atom. The molecule has 0 amide bonds. The lowest BCUT2D eigenvalue weighted by Gasteiger charge is -2.15. The van der Waals surface area contributed by atoms with Gasteiger partial charge in [-0.05, 0) is 17.5 Å². The molecule has 0 bridgehead atoms. The van der Waals surface area contributed by atoms with E-state index in [1.807, 2.05) is 18.2 Å². The van der Waals surface area contributed by atoms with E-state index in [1.165, 1.54) is 5.01 Å². The highest BCUT2D eigenvalue weighted by molar-refractivity contribution is 7.19. The summed E-state index contributed by atoms with van der Waals surface area (Å²) in [7, 11) is 0. The summed E-state index contributed by atoms with van der Waals surface area (Å²) in [5.74, 6) is 0. The van der Waals surface area contributed by atoms with Crippen LogP contribution in [0.15, 0.2) is 18.2 Å². The maximum atomic E-state index is 5.90. The van der Waals surface area contributed by atoms with E-state index in [4.69, 9.17) is 5.73 Å². The van der Waals surface area contributed by atoms with Crippen LogP contribution in [0.5, 0.6) is 0 Å². The molecular formula is C12H16N2S. The van der Waals surface area contributed by atoms with Crippen molar-refractivity contribution in [3.63, 3.8) is 0 Å². The fourth-order valence-corrected chi connectivity index (χ4v) is 2.83. The van der Waals surface area contributed by atoms with Crippen molar-refractivity contribution in [2.75, 3.05) is 5.73 Å². The van der Waals surface area contributed by atoms with Gasteiger partial charge in [0.2, 0.25) is 0 Å². The standard InChI is InChI=1S/C12H16N2S/c1-12(2,3)7-10-14-9-6-4-5-8(13)11(9)15-10/h4-6H,7,13H2,1-3H3. The molecule has 0 unspecified atom stereocenters. The molecule has 0 radical (unpaired) electrons. The highest BCUT2D eigenvalue weighted by Crippen LogP contribution is 2.30. The molecule has 2 N–H and O–H groups in total. The van der Waals surface area contributed by atoms with Gasteiger partial charge >= 0.3 is 0 Å². The van der Waals surface area contributed by atoms with Crippen LogP contribution in [0.2, 0.25) is 0 Å². The Bertz CT molecular complexity index is 480. The van der Waals surface area contributed by atoms with Crippen LogP contribution in [0, 0.1) is 5.41 Å². The lowest BCUT2D eigenvalue weighted by molar-refractivity contribution is 0.411. The van der Waals surface area contributed by atoms with E-state index in [-0.39, 0.29) is 5.41 Å². The fraction of sp³-hybridized carbons (Fsp3) is 0.417. The van der Waals surface area contributed by atoms with Gasteiger partial charge < -0.3 is 5.73 Å². The third kappa shape index (κ3) is 2.29. The minimum Gasteiger partial charge on any atom is -0.398 e. The number of thiazole rings is 1. The van der Waals surface area contributed by atoms with E-state index in [0.717, 1.165) is 22.3 Å². The molecule has 2 nitrogen and oxygen atoms in total. The lowest BCUT2D eigenvalue weighted by atomic mass is 9.93. The number of nitrogen functional groups attached to an aromatic ring is 1. The third-order valence-electron chi connectivity index (χ3n) is 2.17. The summed E-state index contributed by atoms with van der Waals surface area (Å²) < 4.78 is 1.12.